The number of fused-ring (bicyclic) bond motifs is 1. The molecule has 1 unspecified atom stereocenters. The number of likely N-dealkylation sites (tertiary alicyclic amines) is 1. The first-order valence-corrected chi connectivity index (χ1v) is 11.4. The summed E-state index contributed by atoms with van der Waals surface area (Å²) in [7, 11) is 0. The Bertz CT molecular complexity index is 1170. The van der Waals surface area contributed by atoms with Crippen molar-refractivity contribution in [2.24, 2.45) is 5.10 Å². The fraction of sp³-hybridized carbons (Fsp3) is 0.478. The molecule has 2 aliphatic heterocycles. The third-order valence-electron chi connectivity index (χ3n) is 6.16. The highest BCUT2D eigenvalue weighted by atomic mass is 15.5. The predicted molar refractivity (Wildman–Crippen MR) is 121 cm³/mol. The first kappa shape index (κ1) is 20.5. The molecule has 0 saturated carbocycles. The van der Waals surface area contributed by atoms with Crippen molar-refractivity contribution in [3.8, 4) is 6.07 Å². The number of anilines is 1. The van der Waals surface area contributed by atoms with E-state index in [1.165, 1.54) is 12.8 Å². The Hall–Kier alpha value is -3.38. The zero-order valence-electron chi connectivity index (χ0n) is 18.4. The number of rotatable bonds is 7. The summed E-state index contributed by atoms with van der Waals surface area (Å²) in [5, 5.41) is 20.6. The van der Waals surface area contributed by atoms with Crippen LogP contribution >= 0.6 is 0 Å². The zero-order chi connectivity index (χ0) is 21.9. The fourth-order valence-corrected chi connectivity index (χ4v) is 4.61. The van der Waals surface area contributed by atoms with Crippen molar-refractivity contribution in [2.75, 3.05) is 18.1 Å². The van der Waals surface area contributed by atoms with Gasteiger partial charge in [-0.3, -0.25) is 4.90 Å². The van der Waals surface area contributed by atoms with Crippen LogP contribution in [0.5, 0.6) is 0 Å². The summed E-state index contributed by atoms with van der Waals surface area (Å²) < 4.78 is 1.83. The molecule has 0 amide bonds. The predicted octanol–water partition coefficient (Wildman–Crippen LogP) is 2.75. The summed E-state index contributed by atoms with van der Waals surface area (Å²) in [4.78, 5) is 16.5. The molecule has 0 N–H and O–H groups in total. The molecule has 2 aliphatic rings. The number of nitriles is 1. The van der Waals surface area contributed by atoms with E-state index in [1.54, 1.807) is 24.7 Å². The number of nitrogens with zero attached hydrogens (tertiary/aromatic N) is 9. The molecular weight excluding hydrogens is 402 g/mol. The normalized spacial score (nSPS) is 18.6. The van der Waals surface area contributed by atoms with Crippen LogP contribution in [-0.2, 0) is 19.4 Å². The van der Waals surface area contributed by atoms with Crippen molar-refractivity contribution in [2.45, 2.75) is 58.0 Å². The van der Waals surface area contributed by atoms with E-state index in [0.29, 0.717) is 17.8 Å². The van der Waals surface area contributed by atoms with E-state index in [9.17, 15) is 5.26 Å². The van der Waals surface area contributed by atoms with Crippen LogP contribution in [0.2, 0.25) is 0 Å². The minimum atomic E-state index is 0.0644. The molecule has 1 atom stereocenters. The van der Waals surface area contributed by atoms with Crippen LogP contribution in [0.3, 0.4) is 0 Å². The third-order valence-corrected chi connectivity index (χ3v) is 6.16. The lowest BCUT2D eigenvalue weighted by Gasteiger charge is -2.24. The minimum absolute atomic E-state index is 0.0644. The van der Waals surface area contributed by atoms with Crippen LogP contribution in [0.1, 0.15) is 55.3 Å². The lowest BCUT2D eigenvalue weighted by molar-refractivity contribution is 0.322. The van der Waals surface area contributed by atoms with Gasteiger partial charge in [0.25, 0.3) is 0 Å². The number of hydrogen-bond acceptors (Lipinski definition) is 8. The Morgan fingerprint density at radius 2 is 2.09 bits per heavy atom. The quantitative estimate of drug-likeness (QED) is 0.569. The number of hydrazone groups is 1. The van der Waals surface area contributed by atoms with Crippen LogP contribution in [0.25, 0.3) is 5.65 Å². The minimum Gasteiger partial charge on any atom is -0.296 e. The topological polar surface area (TPSA) is 98.6 Å². The Balaban J connectivity index is 1.44. The first-order chi connectivity index (χ1) is 15.8. The maximum absolute atomic E-state index is 9.49. The average molecular weight is 430 g/mol. The van der Waals surface area contributed by atoms with Crippen LogP contribution in [0.15, 0.2) is 29.8 Å². The summed E-state index contributed by atoms with van der Waals surface area (Å²) in [6.45, 7) is 5.21. The van der Waals surface area contributed by atoms with Crippen LogP contribution in [0, 0.1) is 11.3 Å². The third kappa shape index (κ3) is 3.94. The van der Waals surface area contributed by atoms with Crippen molar-refractivity contribution < 1.29 is 0 Å². The van der Waals surface area contributed by atoms with E-state index in [1.807, 2.05) is 15.7 Å². The van der Waals surface area contributed by atoms with Gasteiger partial charge in [0.2, 0.25) is 0 Å². The van der Waals surface area contributed by atoms with Gasteiger partial charge in [-0.05, 0) is 44.5 Å². The van der Waals surface area contributed by atoms with E-state index >= 15 is 0 Å². The molecule has 3 aromatic heterocycles. The van der Waals surface area contributed by atoms with Crippen molar-refractivity contribution in [1.82, 2.24) is 29.5 Å². The molecule has 1 saturated heterocycles. The summed E-state index contributed by atoms with van der Waals surface area (Å²) in [5.41, 5.74) is 3.61. The van der Waals surface area contributed by atoms with Gasteiger partial charge >= 0.3 is 0 Å². The van der Waals surface area contributed by atoms with Gasteiger partial charge in [-0.15, -0.1) is 5.10 Å². The van der Waals surface area contributed by atoms with Gasteiger partial charge in [0, 0.05) is 30.8 Å². The molecule has 9 nitrogen and oxygen atoms in total. The van der Waals surface area contributed by atoms with Crippen molar-refractivity contribution in [1.29, 1.82) is 5.26 Å². The van der Waals surface area contributed by atoms with Crippen LogP contribution < -0.4 is 5.01 Å². The summed E-state index contributed by atoms with van der Waals surface area (Å²) >= 11 is 0. The second kappa shape index (κ2) is 9.01. The lowest BCUT2D eigenvalue weighted by Crippen LogP contribution is -2.30. The second-order valence-corrected chi connectivity index (χ2v) is 8.42. The highest BCUT2D eigenvalue weighted by Gasteiger charge is 2.28. The highest BCUT2D eigenvalue weighted by Crippen LogP contribution is 2.27. The van der Waals surface area contributed by atoms with Gasteiger partial charge in [0.05, 0.1) is 23.8 Å². The maximum Gasteiger partial charge on any atom is 0.167 e. The largest absolute Gasteiger partial charge is 0.296 e. The molecule has 5 rings (SSSR count). The van der Waals surface area contributed by atoms with Crippen molar-refractivity contribution in [3.63, 3.8) is 0 Å². The summed E-state index contributed by atoms with van der Waals surface area (Å²) in [6.07, 6.45) is 11.3. The number of aryl methyl sites for hydroxylation is 1. The maximum atomic E-state index is 9.49. The Labute approximate surface area is 187 Å². The molecule has 3 aromatic rings. The molecule has 32 heavy (non-hydrogen) atoms. The van der Waals surface area contributed by atoms with E-state index in [2.05, 4.69) is 28.0 Å². The lowest BCUT2D eigenvalue weighted by atomic mass is 10.0. The Morgan fingerprint density at radius 1 is 1.22 bits per heavy atom. The first-order valence-electron chi connectivity index (χ1n) is 11.4. The molecular formula is C23H27N9. The molecule has 0 aromatic carbocycles. The van der Waals surface area contributed by atoms with Gasteiger partial charge in [-0.2, -0.15) is 10.4 Å². The van der Waals surface area contributed by atoms with Gasteiger partial charge < -0.3 is 0 Å². The molecule has 0 aliphatic carbocycles. The van der Waals surface area contributed by atoms with Crippen molar-refractivity contribution >= 4 is 17.7 Å². The van der Waals surface area contributed by atoms with Crippen LogP contribution in [0.4, 0.5) is 5.82 Å². The Morgan fingerprint density at radius 3 is 2.91 bits per heavy atom. The molecule has 1 fully saturated rings. The molecule has 5 heterocycles. The number of aromatic nitrogens is 5. The van der Waals surface area contributed by atoms with Crippen LogP contribution in [-0.4, -0.2) is 54.8 Å². The zero-order valence-corrected chi connectivity index (χ0v) is 18.4. The molecule has 0 spiro atoms. The van der Waals surface area contributed by atoms with Gasteiger partial charge in [0.1, 0.15) is 12.4 Å². The van der Waals surface area contributed by atoms with Gasteiger partial charge in [-0.1, -0.05) is 13.3 Å². The molecule has 0 radical (unpaired) electrons. The van der Waals surface area contributed by atoms with E-state index in [-0.39, 0.29) is 6.04 Å². The molecule has 9 heteroatoms. The second-order valence-electron chi connectivity index (χ2n) is 8.42. The average Bonchev–Trinajstić information content (AvgIpc) is 3.57. The Kier molecular flexibility index (Phi) is 5.77. The van der Waals surface area contributed by atoms with Gasteiger partial charge in [-0.25, -0.2) is 24.5 Å². The fourth-order valence-electron chi connectivity index (χ4n) is 4.61. The standard InChI is InChI=1S/C23H27N9/c1-2-6-19-20(13-18-8-10-27-32(18)22-17(14-24)7-5-9-25-22)26-16-31-23(19)28-21(29-31)15-30-11-3-4-12-30/h5,7,9-10,16,18H,2-4,6,8,11-13,15H2,1H3. The monoisotopic (exact) mass is 429 g/mol. The molecule has 0 bridgehead atoms. The highest BCUT2D eigenvalue weighted by molar-refractivity contribution is 5.68. The molecule has 164 valence electrons. The summed E-state index contributed by atoms with van der Waals surface area (Å²) in [5.74, 6) is 1.46. The van der Waals surface area contributed by atoms with Crippen molar-refractivity contribution in [3.05, 3.63) is 47.3 Å². The number of hydrogen-bond donors (Lipinski definition) is 0. The SMILES string of the molecule is CCCc1c(CC2CC=NN2c2ncccc2C#N)ncn2nc(CN3CCCC3)nc12. The number of pyridine rings is 1. The summed E-state index contributed by atoms with van der Waals surface area (Å²) in [6, 6.07) is 5.84. The van der Waals surface area contributed by atoms with Gasteiger partial charge in [0.15, 0.2) is 17.3 Å². The van der Waals surface area contributed by atoms with E-state index in [4.69, 9.17) is 15.1 Å². The van der Waals surface area contributed by atoms with E-state index in [0.717, 1.165) is 61.6 Å². The van der Waals surface area contributed by atoms with E-state index < -0.39 is 0 Å². The smallest absolute Gasteiger partial charge is 0.167 e.